The first kappa shape index (κ1) is 18.0. The van der Waals surface area contributed by atoms with Crippen molar-refractivity contribution in [1.29, 1.82) is 0 Å². The summed E-state index contributed by atoms with van der Waals surface area (Å²) in [6.45, 7) is 5.43. The third-order valence-corrected chi connectivity index (χ3v) is 5.09. The molecule has 0 saturated carbocycles. The van der Waals surface area contributed by atoms with E-state index in [-0.39, 0.29) is 29.0 Å². The maximum absolute atomic E-state index is 12.6. The van der Waals surface area contributed by atoms with Gasteiger partial charge in [0.2, 0.25) is 10.0 Å². The van der Waals surface area contributed by atoms with Crippen LogP contribution in [0.15, 0.2) is 64.6 Å². The zero-order valence-electron chi connectivity index (χ0n) is 13.6. The van der Waals surface area contributed by atoms with Crippen LogP contribution in [0.25, 0.3) is 0 Å². The fourth-order valence-corrected chi connectivity index (χ4v) is 3.19. The molecule has 1 unspecified atom stereocenters. The topological polar surface area (TPSA) is 79.6 Å². The molecule has 1 N–H and O–H groups in total. The number of sulfonamides is 1. The Bertz CT molecular complexity index is 813. The van der Waals surface area contributed by atoms with Crippen molar-refractivity contribution in [3.63, 3.8) is 0 Å². The van der Waals surface area contributed by atoms with Crippen molar-refractivity contribution in [2.24, 2.45) is 0 Å². The molecule has 1 amide bonds. The number of nitrogens with zero attached hydrogens (tertiary/aromatic N) is 1. The zero-order chi connectivity index (χ0) is 17.7. The van der Waals surface area contributed by atoms with E-state index in [0.29, 0.717) is 5.76 Å². The van der Waals surface area contributed by atoms with Crippen LogP contribution >= 0.6 is 0 Å². The van der Waals surface area contributed by atoms with E-state index in [1.54, 1.807) is 37.6 Å². The lowest BCUT2D eigenvalue weighted by Gasteiger charge is -2.23. The highest BCUT2D eigenvalue weighted by Gasteiger charge is 2.22. The molecule has 1 aromatic carbocycles. The van der Waals surface area contributed by atoms with E-state index in [0.717, 1.165) is 0 Å². The van der Waals surface area contributed by atoms with Gasteiger partial charge in [0.05, 0.1) is 17.2 Å². The SMILES string of the molecule is C=CCNS(=O)(=O)c1cccc(C(=O)N(C)C(C)c2ccco2)c1. The van der Waals surface area contributed by atoms with Crippen LogP contribution in [-0.2, 0) is 10.0 Å². The van der Waals surface area contributed by atoms with Crippen molar-refractivity contribution in [3.05, 3.63) is 66.6 Å². The molecule has 0 aliphatic carbocycles. The number of carbonyl (C=O) groups excluding carboxylic acids is 1. The molecular weight excluding hydrogens is 328 g/mol. The van der Waals surface area contributed by atoms with E-state index >= 15 is 0 Å². The number of benzene rings is 1. The molecule has 0 aliphatic rings. The molecule has 0 spiro atoms. The standard InChI is InChI=1S/C17H20N2O4S/c1-4-10-18-24(21,22)15-8-5-7-14(12-15)17(20)19(3)13(2)16-9-6-11-23-16/h4-9,11-13,18H,1,10H2,2-3H3. The highest BCUT2D eigenvalue weighted by Crippen LogP contribution is 2.22. The van der Waals surface area contributed by atoms with E-state index < -0.39 is 10.0 Å². The molecule has 1 atom stereocenters. The molecule has 1 heterocycles. The molecule has 0 fully saturated rings. The fraction of sp³-hybridized carbons (Fsp3) is 0.235. The Kier molecular flexibility index (Phi) is 5.58. The molecule has 1 aromatic heterocycles. The molecule has 24 heavy (non-hydrogen) atoms. The summed E-state index contributed by atoms with van der Waals surface area (Å²) in [7, 11) is -2.03. The first-order chi connectivity index (χ1) is 11.4. The molecular formula is C17H20N2O4S. The zero-order valence-corrected chi connectivity index (χ0v) is 14.4. The maximum Gasteiger partial charge on any atom is 0.254 e. The van der Waals surface area contributed by atoms with Crippen LogP contribution in [0.5, 0.6) is 0 Å². The second-order valence-electron chi connectivity index (χ2n) is 5.28. The second-order valence-corrected chi connectivity index (χ2v) is 7.04. The van der Waals surface area contributed by atoms with Crippen LogP contribution in [0.4, 0.5) is 0 Å². The van der Waals surface area contributed by atoms with Gasteiger partial charge in [-0.1, -0.05) is 12.1 Å². The van der Waals surface area contributed by atoms with Gasteiger partial charge in [-0.15, -0.1) is 6.58 Å². The minimum Gasteiger partial charge on any atom is -0.467 e. The van der Waals surface area contributed by atoms with E-state index in [1.165, 1.54) is 23.1 Å². The summed E-state index contributed by atoms with van der Waals surface area (Å²) in [5, 5.41) is 0. The largest absolute Gasteiger partial charge is 0.467 e. The average Bonchev–Trinajstić information content (AvgIpc) is 3.12. The van der Waals surface area contributed by atoms with Gasteiger partial charge in [-0.2, -0.15) is 0 Å². The lowest BCUT2D eigenvalue weighted by atomic mass is 10.1. The van der Waals surface area contributed by atoms with Crippen LogP contribution in [0, 0.1) is 0 Å². The Morgan fingerprint density at radius 3 is 2.75 bits per heavy atom. The van der Waals surface area contributed by atoms with Crippen molar-refractivity contribution in [3.8, 4) is 0 Å². The predicted octanol–water partition coefficient (Wildman–Crippen LogP) is 2.58. The molecule has 6 nitrogen and oxygen atoms in total. The Morgan fingerprint density at radius 2 is 2.12 bits per heavy atom. The number of rotatable bonds is 7. The molecule has 128 valence electrons. The minimum atomic E-state index is -3.68. The molecule has 2 rings (SSSR count). The highest BCUT2D eigenvalue weighted by molar-refractivity contribution is 7.89. The third kappa shape index (κ3) is 3.93. The van der Waals surface area contributed by atoms with Crippen LogP contribution < -0.4 is 4.72 Å². The molecule has 0 aliphatic heterocycles. The lowest BCUT2D eigenvalue weighted by molar-refractivity contribution is 0.0726. The van der Waals surface area contributed by atoms with Crippen LogP contribution in [-0.4, -0.2) is 32.8 Å². The summed E-state index contributed by atoms with van der Waals surface area (Å²) < 4.78 is 32.0. The van der Waals surface area contributed by atoms with E-state index in [4.69, 9.17) is 4.42 Å². The summed E-state index contributed by atoms with van der Waals surface area (Å²) in [5.41, 5.74) is 0.289. The van der Waals surface area contributed by atoms with Gasteiger partial charge in [0.25, 0.3) is 5.91 Å². The smallest absolute Gasteiger partial charge is 0.254 e. The monoisotopic (exact) mass is 348 g/mol. The number of hydrogen-bond acceptors (Lipinski definition) is 4. The lowest BCUT2D eigenvalue weighted by Crippen LogP contribution is -2.30. The van der Waals surface area contributed by atoms with Crippen LogP contribution in [0.2, 0.25) is 0 Å². The van der Waals surface area contributed by atoms with E-state index in [2.05, 4.69) is 11.3 Å². The summed E-state index contributed by atoms with van der Waals surface area (Å²) in [6.07, 6.45) is 2.99. The quantitative estimate of drug-likeness (QED) is 0.780. The van der Waals surface area contributed by atoms with Gasteiger partial charge >= 0.3 is 0 Å². The van der Waals surface area contributed by atoms with Crippen molar-refractivity contribution >= 4 is 15.9 Å². The molecule has 0 radical (unpaired) electrons. The summed E-state index contributed by atoms with van der Waals surface area (Å²) in [4.78, 5) is 14.2. The van der Waals surface area contributed by atoms with Gasteiger partial charge in [0, 0.05) is 19.2 Å². The van der Waals surface area contributed by atoms with Gasteiger partial charge in [-0.25, -0.2) is 13.1 Å². The third-order valence-electron chi connectivity index (χ3n) is 3.67. The van der Waals surface area contributed by atoms with Crippen LogP contribution in [0.1, 0.15) is 29.1 Å². The minimum absolute atomic E-state index is 0.0363. The Labute approximate surface area is 141 Å². The van der Waals surface area contributed by atoms with E-state index in [9.17, 15) is 13.2 Å². The maximum atomic E-state index is 12.6. The number of amides is 1. The number of nitrogens with one attached hydrogen (secondary N) is 1. The number of hydrogen-bond donors (Lipinski definition) is 1. The fourth-order valence-electron chi connectivity index (χ4n) is 2.15. The Balaban J connectivity index is 2.24. The van der Waals surface area contributed by atoms with E-state index in [1.807, 2.05) is 6.92 Å². The predicted molar refractivity (Wildman–Crippen MR) is 91.0 cm³/mol. The molecule has 2 aromatic rings. The van der Waals surface area contributed by atoms with Gasteiger partial charge in [-0.05, 0) is 37.3 Å². The first-order valence-electron chi connectivity index (χ1n) is 7.38. The van der Waals surface area contributed by atoms with Crippen molar-refractivity contribution in [1.82, 2.24) is 9.62 Å². The van der Waals surface area contributed by atoms with Crippen LogP contribution in [0.3, 0.4) is 0 Å². The van der Waals surface area contributed by atoms with Gasteiger partial charge < -0.3 is 9.32 Å². The number of carbonyl (C=O) groups is 1. The highest BCUT2D eigenvalue weighted by atomic mass is 32.2. The average molecular weight is 348 g/mol. The molecule has 7 heteroatoms. The Hall–Kier alpha value is -2.38. The Morgan fingerprint density at radius 1 is 1.38 bits per heavy atom. The van der Waals surface area contributed by atoms with Gasteiger partial charge in [-0.3, -0.25) is 4.79 Å². The van der Waals surface area contributed by atoms with Gasteiger partial charge in [0.1, 0.15) is 5.76 Å². The normalized spacial score (nSPS) is 12.6. The molecule has 0 saturated heterocycles. The first-order valence-corrected chi connectivity index (χ1v) is 8.86. The molecule has 0 bridgehead atoms. The number of furan rings is 1. The van der Waals surface area contributed by atoms with Crippen molar-refractivity contribution < 1.29 is 17.6 Å². The summed E-state index contributed by atoms with van der Waals surface area (Å²) in [5.74, 6) is 0.363. The summed E-state index contributed by atoms with van der Waals surface area (Å²) in [6, 6.07) is 9.20. The summed E-state index contributed by atoms with van der Waals surface area (Å²) >= 11 is 0. The second kappa shape index (κ2) is 7.46. The van der Waals surface area contributed by atoms with Crippen molar-refractivity contribution in [2.75, 3.05) is 13.6 Å². The van der Waals surface area contributed by atoms with Crippen molar-refractivity contribution in [2.45, 2.75) is 17.9 Å². The van der Waals surface area contributed by atoms with Gasteiger partial charge in [0.15, 0.2) is 0 Å².